The largest absolute Gasteiger partial charge is 0.348 e. The molecule has 0 saturated heterocycles. The van der Waals surface area contributed by atoms with Crippen molar-refractivity contribution in [2.45, 2.75) is 12.8 Å². The highest BCUT2D eigenvalue weighted by atomic mass is 16.1. The summed E-state index contributed by atoms with van der Waals surface area (Å²) in [5, 5.41) is 0. The van der Waals surface area contributed by atoms with Crippen molar-refractivity contribution in [1.29, 1.82) is 0 Å². The molecule has 3 nitrogen and oxygen atoms in total. The van der Waals surface area contributed by atoms with Gasteiger partial charge in [0.15, 0.2) is 5.78 Å². The molecule has 2 aromatic rings. The molecule has 0 amide bonds. The van der Waals surface area contributed by atoms with E-state index in [2.05, 4.69) is 9.97 Å². The number of H-pyrrole nitrogens is 1. The van der Waals surface area contributed by atoms with Crippen molar-refractivity contribution in [2.24, 2.45) is 0 Å². The van der Waals surface area contributed by atoms with Crippen LogP contribution in [0.5, 0.6) is 0 Å². The molecule has 1 atom stereocenters. The zero-order chi connectivity index (χ0) is 10.7. The maximum absolute atomic E-state index is 12.0. The van der Waals surface area contributed by atoms with Gasteiger partial charge in [-0.1, -0.05) is 30.3 Å². The molecule has 15 heavy (non-hydrogen) atoms. The highest BCUT2D eigenvalue weighted by Gasteiger charge is 2.18. The van der Waals surface area contributed by atoms with Crippen LogP contribution in [0.3, 0.4) is 0 Å². The monoisotopic (exact) mass is 200 g/mol. The van der Waals surface area contributed by atoms with Gasteiger partial charge in [-0.2, -0.15) is 0 Å². The smallest absolute Gasteiger partial charge is 0.173 e. The van der Waals surface area contributed by atoms with Gasteiger partial charge in [-0.25, -0.2) is 4.98 Å². The van der Waals surface area contributed by atoms with Crippen LogP contribution in [-0.2, 0) is 0 Å². The standard InChI is InChI=1S/C12H12N2O/c1-9(12-13-7-8-14-12)11(15)10-5-3-2-4-6-10/h2-9H,1H3,(H,13,14). The summed E-state index contributed by atoms with van der Waals surface area (Å²) in [6, 6.07) is 9.27. The Labute approximate surface area is 88.2 Å². The Morgan fingerprint density at radius 2 is 2.07 bits per heavy atom. The molecule has 3 heteroatoms. The van der Waals surface area contributed by atoms with E-state index in [-0.39, 0.29) is 11.7 Å². The molecule has 2 rings (SSSR count). The topological polar surface area (TPSA) is 45.8 Å². The van der Waals surface area contributed by atoms with Crippen molar-refractivity contribution in [2.75, 3.05) is 0 Å². The number of nitrogens with zero attached hydrogens (tertiary/aromatic N) is 1. The van der Waals surface area contributed by atoms with Gasteiger partial charge in [0.2, 0.25) is 0 Å². The lowest BCUT2D eigenvalue weighted by Crippen LogP contribution is -2.10. The molecule has 1 unspecified atom stereocenters. The minimum Gasteiger partial charge on any atom is -0.348 e. The Hall–Kier alpha value is -1.90. The van der Waals surface area contributed by atoms with E-state index >= 15 is 0 Å². The van der Waals surface area contributed by atoms with Crippen LogP contribution in [0.2, 0.25) is 0 Å². The molecule has 0 radical (unpaired) electrons. The second kappa shape index (κ2) is 4.09. The Bertz CT molecular complexity index is 434. The van der Waals surface area contributed by atoms with E-state index in [9.17, 15) is 4.79 Å². The molecule has 1 heterocycles. The first-order chi connectivity index (χ1) is 7.29. The number of carbonyl (C=O) groups excluding carboxylic acids is 1. The number of nitrogens with one attached hydrogen (secondary N) is 1. The molecule has 1 aromatic carbocycles. The lowest BCUT2D eigenvalue weighted by molar-refractivity contribution is 0.0963. The fourth-order valence-electron chi connectivity index (χ4n) is 1.49. The third-order valence-electron chi connectivity index (χ3n) is 2.38. The number of aromatic nitrogens is 2. The summed E-state index contributed by atoms with van der Waals surface area (Å²) in [6.07, 6.45) is 3.38. The first-order valence-electron chi connectivity index (χ1n) is 4.87. The zero-order valence-electron chi connectivity index (χ0n) is 8.47. The quantitative estimate of drug-likeness (QED) is 0.773. The van der Waals surface area contributed by atoms with Crippen molar-refractivity contribution >= 4 is 5.78 Å². The lowest BCUT2D eigenvalue weighted by Gasteiger charge is -2.06. The summed E-state index contributed by atoms with van der Waals surface area (Å²) in [5.41, 5.74) is 0.724. The molecule has 0 fully saturated rings. The predicted molar refractivity (Wildman–Crippen MR) is 57.8 cm³/mol. The second-order valence-electron chi connectivity index (χ2n) is 3.43. The summed E-state index contributed by atoms with van der Waals surface area (Å²) >= 11 is 0. The van der Waals surface area contributed by atoms with Crippen LogP contribution in [0.1, 0.15) is 29.0 Å². The fraction of sp³-hybridized carbons (Fsp3) is 0.167. The Balaban J connectivity index is 2.23. The molecule has 0 spiro atoms. The van der Waals surface area contributed by atoms with E-state index in [4.69, 9.17) is 0 Å². The van der Waals surface area contributed by atoms with Crippen LogP contribution >= 0.6 is 0 Å². The number of carbonyl (C=O) groups is 1. The molecule has 76 valence electrons. The molecule has 1 aromatic heterocycles. The van der Waals surface area contributed by atoms with Crippen LogP contribution in [0.25, 0.3) is 0 Å². The number of hydrogen-bond acceptors (Lipinski definition) is 2. The van der Waals surface area contributed by atoms with E-state index in [1.165, 1.54) is 0 Å². The van der Waals surface area contributed by atoms with Crippen LogP contribution in [0.15, 0.2) is 42.7 Å². The van der Waals surface area contributed by atoms with Crippen molar-refractivity contribution in [3.8, 4) is 0 Å². The highest BCUT2D eigenvalue weighted by Crippen LogP contribution is 2.16. The normalized spacial score (nSPS) is 12.3. The van der Waals surface area contributed by atoms with E-state index in [0.717, 1.165) is 5.56 Å². The van der Waals surface area contributed by atoms with Gasteiger partial charge in [-0.15, -0.1) is 0 Å². The third-order valence-corrected chi connectivity index (χ3v) is 2.38. The van der Waals surface area contributed by atoms with E-state index in [1.807, 2.05) is 37.3 Å². The van der Waals surface area contributed by atoms with Crippen LogP contribution in [-0.4, -0.2) is 15.8 Å². The molecular formula is C12H12N2O. The van der Waals surface area contributed by atoms with Crippen LogP contribution < -0.4 is 0 Å². The number of hydrogen-bond donors (Lipinski definition) is 1. The average molecular weight is 200 g/mol. The fourth-order valence-corrected chi connectivity index (χ4v) is 1.49. The van der Waals surface area contributed by atoms with Gasteiger partial charge in [0, 0.05) is 18.0 Å². The Morgan fingerprint density at radius 3 is 2.67 bits per heavy atom. The van der Waals surface area contributed by atoms with Gasteiger partial charge in [-0.3, -0.25) is 4.79 Å². The number of ketones is 1. The van der Waals surface area contributed by atoms with E-state index in [0.29, 0.717) is 5.82 Å². The number of rotatable bonds is 3. The Kier molecular flexibility index (Phi) is 2.63. The summed E-state index contributed by atoms with van der Waals surface area (Å²) in [7, 11) is 0. The van der Waals surface area contributed by atoms with Gasteiger partial charge in [-0.05, 0) is 6.92 Å². The number of aromatic amines is 1. The lowest BCUT2D eigenvalue weighted by atomic mass is 9.99. The summed E-state index contributed by atoms with van der Waals surface area (Å²) in [4.78, 5) is 19.0. The number of benzene rings is 1. The predicted octanol–water partition coefficient (Wildman–Crippen LogP) is 2.40. The van der Waals surface area contributed by atoms with Crippen molar-refractivity contribution in [1.82, 2.24) is 9.97 Å². The number of Topliss-reactive ketones (excluding diaryl/α,β-unsaturated/α-hetero) is 1. The van der Waals surface area contributed by atoms with Gasteiger partial charge >= 0.3 is 0 Å². The van der Waals surface area contributed by atoms with Gasteiger partial charge in [0.1, 0.15) is 5.82 Å². The molecule has 0 aliphatic carbocycles. The maximum atomic E-state index is 12.0. The summed E-state index contributed by atoms with van der Waals surface area (Å²) in [5.74, 6) is 0.580. The molecule has 0 aliphatic rings. The molecule has 1 N–H and O–H groups in total. The van der Waals surface area contributed by atoms with Crippen molar-refractivity contribution in [3.05, 3.63) is 54.1 Å². The van der Waals surface area contributed by atoms with Gasteiger partial charge < -0.3 is 4.98 Å². The van der Waals surface area contributed by atoms with E-state index in [1.54, 1.807) is 12.4 Å². The zero-order valence-corrected chi connectivity index (χ0v) is 8.47. The third kappa shape index (κ3) is 1.96. The highest BCUT2D eigenvalue weighted by molar-refractivity contribution is 6.00. The minimum atomic E-state index is -0.220. The molecule has 0 aliphatic heterocycles. The van der Waals surface area contributed by atoms with Crippen LogP contribution in [0, 0.1) is 0 Å². The number of imidazole rings is 1. The molecule has 0 bridgehead atoms. The van der Waals surface area contributed by atoms with Gasteiger partial charge in [0.05, 0.1) is 5.92 Å². The first-order valence-corrected chi connectivity index (χ1v) is 4.87. The molecule has 0 saturated carbocycles. The summed E-state index contributed by atoms with van der Waals surface area (Å²) in [6.45, 7) is 1.86. The molecular weight excluding hydrogens is 188 g/mol. The first kappa shape index (κ1) is 9.65. The summed E-state index contributed by atoms with van der Waals surface area (Å²) < 4.78 is 0. The maximum Gasteiger partial charge on any atom is 0.173 e. The minimum absolute atomic E-state index is 0.0885. The van der Waals surface area contributed by atoms with E-state index < -0.39 is 0 Å². The van der Waals surface area contributed by atoms with Crippen molar-refractivity contribution < 1.29 is 4.79 Å². The SMILES string of the molecule is CC(C(=O)c1ccccc1)c1ncc[nH]1. The average Bonchev–Trinajstić information content (AvgIpc) is 2.82. The second-order valence-corrected chi connectivity index (χ2v) is 3.43. The van der Waals surface area contributed by atoms with Gasteiger partial charge in [0.25, 0.3) is 0 Å². The Morgan fingerprint density at radius 1 is 1.33 bits per heavy atom. The van der Waals surface area contributed by atoms with Crippen molar-refractivity contribution in [3.63, 3.8) is 0 Å². The van der Waals surface area contributed by atoms with Crippen LogP contribution in [0.4, 0.5) is 0 Å².